The molecular weight excluding hydrogens is 297 g/mol. The molecule has 0 fully saturated rings. The average molecular weight is 313 g/mol. The lowest BCUT2D eigenvalue weighted by Gasteiger charge is -2.08. The fourth-order valence-corrected chi connectivity index (χ4v) is 2.15. The molecule has 0 saturated carbocycles. The summed E-state index contributed by atoms with van der Waals surface area (Å²) in [7, 11) is 0. The zero-order chi connectivity index (χ0) is 16.4. The van der Waals surface area contributed by atoms with Crippen LogP contribution in [0.1, 0.15) is 24.2 Å². The van der Waals surface area contributed by atoms with Crippen LogP contribution in [0.25, 0.3) is 5.65 Å². The summed E-state index contributed by atoms with van der Waals surface area (Å²) in [6.07, 6.45) is 3.17. The van der Waals surface area contributed by atoms with Crippen molar-refractivity contribution in [3.63, 3.8) is 0 Å². The normalized spacial score (nSPS) is 11.0. The van der Waals surface area contributed by atoms with E-state index in [1.165, 1.54) is 22.8 Å². The van der Waals surface area contributed by atoms with Gasteiger partial charge in [-0.1, -0.05) is 6.07 Å². The van der Waals surface area contributed by atoms with Crippen LogP contribution in [-0.4, -0.2) is 26.5 Å². The van der Waals surface area contributed by atoms with E-state index in [-0.39, 0.29) is 17.8 Å². The zero-order valence-electron chi connectivity index (χ0n) is 12.7. The maximum absolute atomic E-state index is 13.2. The van der Waals surface area contributed by atoms with Crippen molar-refractivity contribution in [3.8, 4) is 0 Å². The summed E-state index contributed by atoms with van der Waals surface area (Å²) in [5.41, 5.74) is 1.40. The van der Waals surface area contributed by atoms with E-state index >= 15 is 0 Å². The number of amides is 1. The number of carbonyl (C=O) groups is 1. The van der Waals surface area contributed by atoms with Gasteiger partial charge in [0, 0.05) is 17.9 Å². The predicted molar refractivity (Wildman–Crippen MR) is 85.3 cm³/mol. The van der Waals surface area contributed by atoms with E-state index in [9.17, 15) is 9.18 Å². The fraction of sp³-hybridized carbons (Fsp3) is 0.188. The Morgan fingerprint density at radius 1 is 1.30 bits per heavy atom. The molecule has 2 N–H and O–H groups in total. The molecule has 23 heavy (non-hydrogen) atoms. The van der Waals surface area contributed by atoms with Crippen LogP contribution >= 0.6 is 0 Å². The summed E-state index contributed by atoms with van der Waals surface area (Å²) >= 11 is 0. The van der Waals surface area contributed by atoms with Crippen molar-refractivity contribution < 1.29 is 9.18 Å². The molecule has 118 valence electrons. The van der Waals surface area contributed by atoms with E-state index in [2.05, 4.69) is 20.7 Å². The first-order valence-corrected chi connectivity index (χ1v) is 7.21. The van der Waals surface area contributed by atoms with E-state index in [0.29, 0.717) is 22.7 Å². The van der Waals surface area contributed by atoms with Gasteiger partial charge < -0.3 is 10.6 Å². The molecule has 7 heteroatoms. The van der Waals surface area contributed by atoms with Crippen LogP contribution in [0.2, 0.25) is 0 Å². The van der Waals surface area contributed by atoms with Gasteiger partial charge in [-0.3, -0.25) is 4.79 Å². The Labute approximate surface area is 132 Å². The number of fused-ring (bicyclic) bond motifs is 1. The number of hydrogen-bond acceptors (Lipinski definition) is 4. The summed E-state index contributed by atoms with van der Waals surface area (Å²) < 4.78 is 14.8. The molecule has 0 radical (unpaired) electrons. The van der Waals surface area contributed by atoms with Gasteiger partial charge in [0.1, 0.15) is 17.2 Å². The summed E-state index contributed by atoms with van der Waals surface area (Å²) in [4.78, 5) is 16.6. The number of hydrogen-bond donors (Lipinski definition) is 2. The van der Waals surface area contributed by atoms with Gasteiger partial charge in [-0.15, -0.1) is 0 Å². The Bertz CT molecular complexity index is 859. The second-order valence-corrected chi connectivity index (χ2v) is 5.40. The Kier molecular flexibility index (Phi) is 3.92. The first kappa shape index (κ1) is 15.0. The number of rotatable bonds is 4. The van der Waals surface area contributed by atoms with Gasteiger partial charge in [0.15, 0.2) is 5.65 Å². The summed E-state index contributed by atoms with van der Waals surface area (Å²) in [6, 6.07) is 7.80. The number of aromatic nitrogens is 3. The number of anilines is 2. The molecule has 0 spiro atoms. The molecule has 0 aliphatic carbocycles. The van der Waals surface area contributed by atoms with Gasteiger partial charge in [0.2, 0.25) is 0 Å². The van der Waals surface area contributed by atoms with Crippen molar-refractivity contribution in [1.82, 2.24) is 19.9 Å². The Morgan fingerprint density at radius 3 is 2.87 bits per heavy atom. The fourth-order valence-electron chi connectivity index (χ4n) is 2.15. The first-order chi connectivity index (χ1) is 11.0. The molecular formula is C16H16FN5O. The lowest BCUT2D eigenvalue weighted by Crippen LogP contribution is -2.30. The van der Waals surface area contributed by atoms with Gasteiger partial charge in [-0.05, 0) is 38.1 Å². The number of nitrogens with one attached hydrogen (secondary N) is 2. The highest BCUT2D eigenvalue weighted by Crippen LogP contribution is 2.17. The highest BCUT2D eigenvalue weighted by Gasteiger charge is 2.15. The highest BCUT2D eigenvalue weighted by atomic mass is 19.1. The monoisotopic (exact) mass is 313 g/mol. The predicted octanol–water partition coefficient (Wildman–Crippen LogP) is 2.75. The maximum atomic E-state index is 13.2. The molecule has 3 aromatic rings. The standard InChI is InChI=1S/C16H16FN5O/c1-10(2)19-16(23)13-9-18-22-7-6-14(21-15(13)22)20-12-5-3-4-11(17)8-12/h3-10H,1-2H3,(H,19,23)(H,20,21). The second kappa shape index (κ2) is 6.04. The molecule has 1 aromatic carbocycles. The highest BCUT2D eigenvalue weighted by molar-refractivity contribution is 5.99. The number of carbonyl (C=O) groups excluding carboxylic acids is 1. The molecule has 1 amide bonds. The summed E-state index contributed by atoms with van der Waals surface area (Å²) in [6.45, 7) is 3.77. The van der Waals surface area contributed by atoms with Gasteiger partial charge in [0.05, 0.1) is 6.20 Å². The Morgan fingerprint density at radius 2 is 2.13 bits per heavy atom. The van der Waals surface area contributed by atoms with Crippen LogP contribution in [-0.2, 0) is 0 Å². The molecule has 0 atom stereocenters. The van der Waals surface area contributed by atoms with E-state index in [1.807, 2.05) is 13.8 Å². The second-order valence-electron chi connectivity index (χ2n) is 5.40. The molecule has 3 rings (SSSR count). The third-order valence-electron chi connectivity index (χ3n) is 3.13. The SMILES string of the molecule is CC(C)NC(=O)c1cnn2ccc(Nc3cccc(F)c3)nc12. The molecule has 2 aromatic heterocycles. The third-order valence-corrected chi connectivity index (χ3v) is 3.13. The maximum Gasteiger partial charge on any atom is 0.256 e. The first-order valence-electron chi connectivity index (χ1n) is 7.21. The van der Waals surface area contributed by atoms with E-state index in [4.69, 9.17) is 0 Å². The average Bonchev–Trinajstić information content (AvgIpc) is 2.89. The third kappa shape index (κ3) is 3.28. The van der Waals surface area contributed by atoms with Crippen LogP contribution in [0.5, 0.6) is 0 Å². The summed E-state index contributed by atoms with van der Waals surface area (Å²) in [5.74, 6) is -0.0648. The molecule has 0 saturated heterocycles. The smallest absolute Gasteiger partial charge is 0.256 e. The van der Waals surface area contributed by atoms with Crippen LogP contribution in [0, 0.1) is 5.82 Å². The van der Waals surface area contributed by atoms with Crippen LogP contribution in [0.4, 0.5) is 15.9 Å². The number of halogens is 1. The van der Waals surface area contributed by atoms with Crippen molar-refractivity contribution in [1.29, 1.82) is 0 Å². The molecule has 2 heterocycles. The molecule has 0 aliphatic heterocycles. The zero-order valence-corrected chi connectivity index (χ0v) is 12.7. The van der Waals surface area contributed by atoms with Crippen molar-refractivity contribution >= 4 is 23.1 Å². The molecule has 0 unspecified atom stereocenters. The molecule has 6 nitrogen and oxygen atoms in total. The van der Waals surface area contributed by atoms with E-state index in [0.717, 1.165) is 0 Å². The minimum Gasteiger partial charge on any atom is -0.350 e. The van der Waals surface area contributed by atoms with E-state index < -0.39 is 0 Å². The van der Waals surface area contributed by atoms with Crippen LogP contribution in [0.3, 0.4) is 0 Å². The van der Waals surface area contributed by atoms with Gasteiger partial charge >= 0.3 is 0 Å². The van der Waals surface area contributed by atoms with Gasteiger partial charge in [-0.25, -0.2) is 13.9 Å². The van der Waals surface area contributed by atoms with Crippen molar-refractivity contribution in [3.05, 3.63) is 54.1 Å². The van der Waals surface area contributed by atoms with Crippen molar-refractivity contribution in [2.75, 3.05) is 5.32 Å². The van der Waals surface area contributed by atoms with Crippen LogP contribution in [0.15, 0.2) is 42.7 Å². The molecule has 0 aliphatic rings. The topological polar surface area (TPSA) is 71.3 Å². The summed E-state index contributed by atoms with van der Waals surface area (Å²) in [5, 5.41) is 9.94. The Balaban J connectivity index is 1.93. The quantitative estimate of drug-likeness (QED) is 0.777. The van der Waals surface area contributed by atoms with E-state index in [1.54, 1.807) is 24.4 Å². The Hall–Kier alpha value is -2.96. The lowest BCUT2D eigenvalue weighted by atomic mass is 10.3. The minimum absolute atomic E-state index is 0.0195. The van der Waals surface area contributed by atoms with Crippen molar-refractivity contribution in [2.45, 2.75) is 19.9 Å². The van der Waals surface area contributed by atoms with Crippen LogP contribution < -0.4 is 10.6 Å². The number of nitrogens with zero attached hydrogens (tertiary/aromatic N) is 3. The lowest BCUT2D eigenvalue weighted by molar-refractivity contribution is 0.0944. The molecule has 0 bridgehead atoms. The largest absolute Gasteiger partial charge is 0.350 e. The van der Waals surface area contributed by atoms with Crippen molar-refractivity contribution in [2.24, 2.45) is 0 Å². The van der Waals surface area contributed by atoms with Gasteiger partial charge in [0.25, 0.3) is 5.91 Å². The minimum atomic E-state index is -0.336. The van der Waals surface area contributed by atoms with Gasteiger partial charge in [-0.2, -0.15) is 5.10 Å². The number of benzene rings is 1.